The molecule has 0 bridgehead atoms. The molecule has 1 aromatic rings. The number of rotatable bonds is 3. The largest absolute Gasteiger partial charge is 0.636 e. The maximum atomic E-state index is 14.6. The maximum absolute atomic E-state index is 14.6. The van der Waals surface area contributed by atoms with E-state index in [2.05, 4.69) is 4.65 Å². The molecule has 0 radical (unpaired) electrons. The molecule has 3 nitrogen and oxygen atoms in total. The summed E-state index contributed by atoms with van der Waals surface area (Å²) in [5.74, 6) is -2.30. The molecule has 18 heavy (non-hydrogen) atoms. The minimum atomic E-state index is -2.30. The van der Waals surface area contributed by atoms with Gasteiger partial charge in [-0.05, 0) is 11.6 Å². The molecule has 0 aromatic heterocycles. The predicted molar refractivity (Wildman–Crippen MR) is 68.1 cm³/mol. The first-order chi connectivity index (χ1) is 8.51. The van der Waals surface area contributed by atoms with Crippen LogP contribution in [-0.2, 0) is 4.65 Å². The van der Waals surface area contributed by atoms with Gasteiger partial charge in [0.2, 0.25) is 5.85 Å². The van der Waals surface area contributed by atoms with Crippen molar-refractivity contribution >= 4 is 24.5 Å². The summed E-state index contributed by atoms with van der Waals surface area (Å²) >= 11 is 5.86. The van der Waals surface area contributed by atoms with Crippen LogP contribution >= 0.6 is 11.6 Å². The van der Waals surface area contributed by atoms with Gasteiger partial charge in [-0.25, -0.2) is 4.39 Å². The first-order valence-corrected chi connectivity index (χ1v) is 5.75. The summed E-state index contributed by atoms with van der Waals surface area (Å²) in [5, 5.41) is 18.0. The van der Waals surface area contributed by atoms with Gasteiger partial charge in [-0.2, -0.15) is 0 Å². The van der Waals surface area contributed by atoms with E-state index in [-0.39, 0.29) is 12.0 Å². The summed E-state index contributed by atoms with van der Waals surface area (Å²) in [5.41, 5.74) is 0.746. The van der Waals surface area contributed by atoms with Crippen LogP contribution in [0.5, 0.6) is 0 Å². The van der Waals surface area contributed by atoms with Crippen molar-refractivity contribution in [3.8, 4) is 0 Å². The molecule has 6 heteroatoms. The summed E-state index contributed by atoms with van der Waals surface area (Å²) < 4.78 is 19.2. The Morgan fingerprint density at radius 3 is 2.56 bits per heavy atom. The summed E-state index contributed by atoms with van der Waals surface area (Å²) in [4.78, 5) is 0. The first-order valence-electron chi connectivity index (χ1n) is 5.37. The van der Waals surface area contributed by atoms with Gasteiger partial charge in [0, 0.05) is 17.0 Å². The molecule has 0 aliphatic heterocycles. The van der Waals surface area contributed by atoms with Crippen molar-refractivity contribution in [1.82, 2.24) is 0 Å². The molecule has 1 atom stereocenters. The highest BCUT2D eigenvalue weighted by atomic mass is 35.5. The number of allylic oxidation sites excluding steroid dienone is 2. The van der Waals surface area contributed by atoms with E-state index in [1.807, 2.05) is 0 Å². The third-order valence-electron chi connectivity index (χ3n) is 2.62. The molecule has 1 unspecified atom stereocenters. The average Bonchev–Trinajstić information content (AvgIpc) is 2.33. The van der Waals surface area contributed by atoms with Gasteiger partial charge in [0.1, 0.15) is 0 Å². The summed E-state index contributed by atoms with van der Waals surface area (Å²) in [6.07, 6.45) is 2.67. The minimum absolute atomic E-state index is 0.170. The molecule has 2 N–H and O–H groups in total. The van der Waals surface area contributed by atoms with Crippen LogP contribution in [-0.4, -0.2) is 23.2 Å². The van der Waals surface area contributed by atoms with Crippen molar-refractivity contribution in [2.75, 3.05) is 0 Å². The van der Waals surface area contributed by atoms with Crippen molar-refractivity contribution in [2.24, 2.45) is 0 Å². The molecule has 2 rings (SSSR count). The number of hydrogen-bond acceptors (Lipinski definition) is 3. The van der Waals surface area contributed by atoms with Crippen LogP contribution in [0, 0.1) is 0 Å². The van der Waals surface area contributed by atoms with E-state index >= 15 is 0 Å². The van der Waals surface area contributed by atoms with Gasteiger partial charge in [-0.3, -0.25) is 0 Å². The number of benzene rings is 1. The monoisotopic (exact) mass is 268 g/mol. The van der Waals surface area contributed by atoms with E-state index in [1.54, 1.807) is 30.3 Å². The van der Waals surface area contributed by atoms with Crippen molar-refractivity contribution in [2.45, 2.75) is 12.3 Å². The van der Waals surface area contributed by atoms with E-state index in [9.17, 15) is 4.39 Å². The van der Waals surface area contributed by atoms with E-state index in [1.165, 1.54) is 12.2 Å². The molecular formula is C12H11BClFO3. The second-order valence-corrected chi connectivity index (χ2v) is 4.33. The van der Waals surface area contributed by atoms with Crippen molar-refractivity contribution in [3.05, 3.63) is 53.1 Å². The highest BCUT2D eigenvalue weighted by Gasteiger charge is 2.40. The fraction of sp³-hybridized carbons (Fsp3) is 0.167. The first kappa shape index (κ1) is 13.3. The van der Waals surface area contributed by atoms with Gasteiger partial charge in [-0.1, -0.05) is 48.0 Å². The van der Waals surface area contributed by atoms with E-state index in [0.29, 0.717) is 10.6 Å². The topological polar surface area (TPSA) is 49.7 Å². The predicted octanol–water partition coefficient (Wildman–Crippen LogP) is 2.25. The molecule has 0 spiro atoms. The Bertz CT molecular complexity index is 489. The second-order valence-electron chi connectivity index (χ2n) is 3.89. The molecule has 1 aliphatic rings. The Kier molecular flexibility index (Phi) is 3.87. The average molecular weight is 268 g/mol. The summed E-state index contributed by atoms with van der Waals surface area (Å²) in [6, 6.07) is 8.69. The van der Waals surface area contributed by atoms with Crippen molar-refractivity contribution < 1.29 is 19.1 Å². The molecule has 1 aromatic carbocycles. The molecule has 94 valence electrons. The SMILES string of the molecule is OB(O)OC1(F)CC=C(Cl)C=C1c1ccccc1. The highest BCUT2D eigenvalue weighted by molar-refractivity contribution is 6.33. The molecule has 1 aliphatic carbocycles. The summed E-state index contributed by atoms with van der Waals surface area (Å²) in [7, 11) is -2.19. The zero-order chi connectivity index (χ0) is 13.2. The Morgan fingerprint density at radius 2 is 1.94 bits per heavy atom. The highest BCUT2D eigenvalue weighted by Crippen LogP contribution is 2.40. The van der Waals surface area contributed by atoms with E-state index in [0.717, 1.165) is 0 Å². The van der Waals surface area contributed by atoms with E-state index in [4.69, 9.17) is 21.6 Å². The Labute approximate surface area is 109 Å². The van der Waals surface area contributed by atoms with Gasteiger partial charge < -0.3 is 14.7 Å². The lowest BCUT2D eigenvalue weighted by Crippen LogP contribution is -2.37. The quantitative estimate of drug-likeness (QED) is 0.827. The molecule has 0 saturated carbocycles. The number of alkyl halides is 1. The van der Waals surface area contributed by atoms with Crippen LogP contribution in [0.3, 0.4) is 0 Å². The van der Waals surface area contributed by atoms with Crippen LogP contribution in [0.15, 0.2) is 47.5 Å². The Hall–Kier alpha value is -1.14. The normalized spacial score (nSPS) is 23.3. The van der Waals surface area contributed by atoms with Gasteiger partial charge >= 0.3 is 7.32 Å². The van der Waals surface area contributed by atoms with E-state index < -0.39 is 13.2 Å². The second kappa shape index (κ2) is 5.24. The standard InChI is InChI=1S/C12H11BClFO3/c14-10-6-7-12(15,18-13(16)17)11(8-10)9-4-2-1-3-5-9/h1-6,8,16-17H,7H2. The molecule has 0 fully saturated rings. The lowest BCUT2D eigenvalue weighted by Gasteiger charge is -2.30. The zero-order valence-electron chi connectivity index (χ0n) is 9.38. The zero-order valence-corrected chi connectivity index (χ0v) is 10.1. The molecular weight excluding hydrogens is 257 g/mol. The number of hydrogen-bond donors (Lipinski definition) is 2. The minimum Gasteiger partial charge on any atom is -0.402 e. The van der Waals surface area contributed by atoms with Crippen LogP contribution in [0.25, 0.3) is 5.57 Å². The lowest BCUT2D eigenvalue weighted by atomic mass is 9.91. The maximum Gasteiger partial charge on any atom is 0.636 e. The summed E-state index contributed by atoms with van der Waals surface area (Å²) in [6.45, 7) is 0. The fourth-order valence-corrected chi connectivity index (χ4v) is 2.02. The van der Waals surface area contributed by atoms with Crippen LogP contribution in [0.4, 0.5) is 4.39 Å². The van der Waals surface area contributed by atoms with Gasteiger partial charge in [0.05, 0.1) is 0 Å². The Balaban J connectivity index is 2.41. The van der Waals surface area contributed by atoms with Crippen LogP contribution in [0.2, 0.25) is 0 Å². The Morgan fingerprint density at radius 1 is 1.28 bits per heavy atom. The van der Waals surface area contributed by atoms with Gasteiger partial charge in [-0.15, -0.1) is 0 Å². The van der Waals surface area contributed by atoms with Crippen LogP contribution < -0.4 is 0 Å². The lowest BCUT2D eigenvalue weighted by molar-refractivity contribution is -0.0382. The fourth-order valence-electron chi connectivity index (χ4n) is 1.84. The van der Waals surface area contributed by atoms with Crippen molar-refractivity contribution in [3.63, 3.8) is 0 Å². The third kappa shape index (κ3) is 2.81. The van der Waals surface area contributed by atoms with Crippen LogP contribution in [0.1, 0.15) is 12.0 Å². The third-order valence-corrected chi connectivity index (χ3v) is 2.88. The van der Waals surface area contributed by atoms with Gasteiger partial charge in [0.25, 0.3) is 0 Å². The molecule has 0 heterocycles. The number of halogens is 2. The van der Waals surface area contributed by atoms with Crippen molar-refractivity contribution in [1.29, 1.82) is 0 Å². The molecule has 0 amide bonds. The smallest absolute Gasteiger partial charge is 0.402 e. The van der Waals surface area contributed by atoms with Gasteiger partial charge in [0.15, 0.2) is 0 Å². The molecule has 0 saturated heterocycles.